The molecule has 0 aromatic heterocycles. The molecule has 0 amide bonds. The molecule has 0 nitrogen and oxygen atoms in total. The van der Waals surface area contributed by atoms with Gasteiger partial charge in [-0.3, -0.25) is 0 Å². The van der Waals surface area contributed by atoms with Crippen molar-refractivity contribution in [3.63, 3.8) is 0 Å². The molecule has 0 saturated carbocycles. The lowest BCUT2D eigenvalue weighted by Crippen LogP contribution is -2.04. The molecule has 0 aliphatic heterocycles. The van der Waals surface area contributed by atoms with E-state index in [9.17, 15) is 0 Å². The van der Waals surface area contributed by atoms with Crippen LogP contribution in [0.1, 0.15) is 34.1 Å². The first kappa shape index (κ1) is 22.5. The van der Waals surface area contributed by atoms with Crippen molar-refractivity contribution < 1.29 is 0 Å². The van der Waals surface area contributed by atoms with Crippen molar-refractivity contribution in [3.05, 3.63) is 37.5 Å². The zero-order valence-electron chi connectivity index (χ0n) is 12.8. The summed E-state index contributed by atoms with van der Waals surface area (Å²) in [6, 6.07) is 0. The van der Waals surface area contributed by atoms with E-state index in [-0.39, 0.29) is 14.1 Å². The molecule has 0 fully saturated rings. The molecule has 0 spiro atoms. The van der Waals surface area contributed by atoms with Crippen LogP contribution in [0.5, 0.6) is 0 Å². The van der Waals surface area contributed by atoms with Gasteiger partial charge in [0.15, 0.2) is 0 Å². The Morgan fingerprint density at radius 3 is 1.47 bits per heavy atom. The zero-order chi connectivity index (χ0) is 13.9. The summed E-state index contributed by atoms with van der Waals surface area (Å²) in [4.78, 5) is 0. The predicted octanol–water partition coefficient (Wildman–Crippen LogP) is 4.90. The van der Waals surface area contributed by atoms with Crippen molar-refractivity contribution in [1.82, 2.24) is 0 Å². The van der Waals surface area contributed by atoms with Crippen molar-refractivity contribution in [1.29, 1.82) is 0 Å². The molecule has 0 radical (unpaired) electrons. The van der Waals surface area contributed by atoms with Crippen LogP contribution in [0.4, 0.5) is 0 Å². The molecule has 0 aromatic carbocycles. The fourth-order valence-corrected chi connectivity index (χ4v) is 2.83. The van der Waals surface area contributed by atoms with Crippen LogP contribution in [-0.2, 0) is 0 Å². The van der Waals surface area contributed by atoms with E-state index in [0.717, 1.165) is 6.42 Å². The van der Waals surface area contributed by atoms with Gasteiger partial charge in [-0.1, -0.05) is 60.1 Å². The summed E-state index contributed by atoms with van der Waals surface area (Å²) in [6.45, 7) is 16.0. The molecule has 0 saturated heterocycles. The van der Waals surface area contributed by atoms with E-state index in [0.29, 0.717) is 0 Å². The fraction of sp³-hybridized carbons (Fsp3) is 0.600. The van der Waals surface area contributed by atoms with Gasteiger partial charge < -0.3 is 0 Å². The highest BCUT2D eigenvalue weighted by Crippen LogP contribution is 2.01. The molecule has 98 valence electrons. The minimum Gasteiger partial charge on any atom is -0.105 e. The first-order chi connectivity index (χ1) is 8.17. The van der Waals surface area contributed by atoms with Gasteiger partial charge >= 0.3 is 0 Å². The van der Waals surface area contributed by atoms with E-state index in [4.69, 9.17) is 0 Å². The maximum absolute atomic E-state index is 3.55. The van der Waals surface area contributed by atoms with Crippen LogP contribution in [0.2, 0.25) is 21.1 Å². The normalized spacial score (nSPS) is 8.47. The van der Waals surface area contributed by atoms with Crippen molar-refractivity contribution in [2.45, 2.75) is 55.2 Å². The van der Waals surface area contributed by atoms with Gasteiger partial charge in [-0.2, -0.15) is 0 Å². The quantitative estimate of drug-likeness (QED) is 0.473. The Morgan fingerprint density at radius 1 is 1.00 bits per heavy atom. The van der Waals surface area contributed by atoms with Crippen LogP contribution in [0, 0.1) is 0 Å². The summed E-state index contributed by atoms with van der Waals surface area (Å²) < 4.78 is 0. The summed E-state index contributed by atoms with van der Waals surface area (Å²) in [5.74, 6) is 0. The Hall–Kier alpha value is 0.285. The minimum atomic E-state index is -0.171. The van der Waals surface area contributed by atoms with Crippen LogP contribution in [0.15, 0.2) is 37.5 Å². The highest BCUT2D eigenvalue weighted by atomic mass is 27.2. The monoisotopic (exact) mass is 266 g/mol. The number of hydrogen-bond acceptors (Lipinski definition) is 0. The standard InChI is InChI=1S/C6H10.C3H5.3C2H5.2Al.2H/c1-3-5-6-4-2;1-3-2;3*1-2;;;;/h3-4,6H,1,5H2,2H3;3H,1-2H2;3*1H2,2H3;;;;. The lowest BCUT2D eigenvalue weighted by molar-refractivity contribution is 1.24. The Balaban J connectivity index is -0.000000180. The lowest BCUT2D eigenvalue weighted by Gasteiger charge is -1.97. The molecule has 0 heterocycles. The number of rotatable bonds is 6. The molecule has 0 bridgehead atoms. The van der Waals surface area contributed by atoms with Gasteiger partial charge in [0.2, 0.25) is 16.3 Å². The van der Waals surface area contributed by atoms with Gasteiger partial charge in [0.1, 0.15) is 0 Å². The van der Waals surface area contributed by atoms with Crippen LogP contribution < -0.4 is 0 Å². The third kappa shape index (κ3) is 31.4. The molecule has 0 aliphatic rings. The first-order valence-corrected chi connectivity index (χ1v) is 10.9. The molecule has 17 heavy (non-hydrogen) atoms. The second kappa shape index (κ2) is 25.2. The van der Waals surface area contributed by atoms with Gasteiger partial charge in [-0.15, -0.1) is 19.2 Å². The topological polar surface area (TPSA) is 0 Å². The van der Waals surface area contributed by atoms with E-state index in [1.807, 2.05) is 25.2 Å². The molecule has 0 N–H and O–H groups in total. The summed E-state index contributed by atoms with van der Waals surface area (Å²) in [6.07, 6.45) is 8.89. The number of hydrogen-bond donors (Lipinski definition) is 0. The maximum atomic E-state index is 3.55. The van der Waals surface area contributed by atoms with Crippen LogP contribution in [0.25, 0.3) is 0 Å². The molecular weight excluding hydrogens is 234 g/mol. The van der Waals surface area contributed by atoms with Crippen molar-refractivity contribution in [2.75, 3.05) is 0 Å². The molecule has 0 rings (SSSR count). The minimum absolute atomic E-state index is 0.171. The second-order valence-corrected chi connectivity index (χ2v) is 8.88. The lowest BCUT2D eigenvalue weighted by atomic mass is 10.4. The van der Waals surface area contributed by atoms with Crippen LogP contribution in [0.3, 0.4) is 0 Å². The second-order valence-electron chi connectivity index (χ2n) is 3.88. The average molecular weight is 266 g/mol. The van der Waals surface area contributed by atoms with E-state index < -0.39 is 0 Å². The molecule has 0 unspecified atom stereocenters. The fourth-order valence-electron chi connectivity index (χ4n) is 1.10. The first-order valence-electron chi connectivity index (χ1n) is 7.01. The predicted molar refractivity (Wildman–Crippen MR) is 90.4 cm³/mol. The van der Waals surface area contributed by atoms with Crippen molar-refractivity contribution >= 4 is 30.4 Å². The van der Waals surface area contributed by atoms with Gasteiger partial charge in [0.05, 0.1) is 0 Å². The highest BCUT2D eigenvalue weighted by molar-refractivity contribution is 6.58. The Bertz CT molecular complexity index is 153. The highest BCUT2D eigenvalue weighted by Gasteiger charge is 2.05. The van der Waals surface area contributed by atoms with Crippen molar-refractivity contribution in [2.24, 2.45) is 0 Å². The third-order valence-corrected chi connectivity index (χ3v) is 6.60. The van der Waals surface area contributed by atoms with E-state index in [1.54, 1.807) is 0 Å². The number of allylic oxidation sites excluding steroid dienone is 4. The molecule has 0 atom stereocenters. The average Bonchev–Trinajstić information content (AvgIpc) is 2.39. The van der Waals surface area contributed by atoms with E-state index in [2.05, 4.69) is 40.0 Å². The maximum Gasteiger partial charge on any atom is 0.261 e. The van der Waals surface area contributed by atoms with Gasteiger partial charge in [-0.05, 0) is 13.3 Å². The molecule has 0 aliphatic carbocycles. The largest absolute Gasteiger partial charge is 0.261 e. The zero-order valence-corrected chi connectivity index (χ0v) is 16.0. The summed E-state index contributed by atoms with van der Waals surface area (Å²) in [5.41, 5.74) is 0. The molecule has 0 aromatic rings. The Morgan fingerprint density at radius 2 is 1.41 bits per heavy atom. The molecule has 2 heteroatoms. The third-order valence-electron chi connectivity index (χ3n) is 2.56. The van der Waals surface area contributed by atoms with Crippen molar-refractivity contribution in [3.8, 4) is 0 Å². The van der Waals surface area contributed by atoms with Gasteiger partial charge in [0, 0.05) is 0 Å². The Labute approximate surface area is 123 Å². The summed E-state index contributed by atoms with van der Waals surface area (Å²) >= 11 is 1.10. The van der Waals surface area contributed by atoms with E-state index in [1.165, 1.54) is 37.4 Å². The van der Waals surface area contributed by atoms with Gasteiger partial charge in [0.25, 0.3) is 14.1 Å². The SMILES string of the molecule is C=CCC=CC.C=C[CH2][AlH2].C[CH2][Al]([CH2]C)[CH2]C. The Kier molecular flexibility index (Phi) is 33.3. The smallest absolute Gasteiger partial charge is 0.105 e. The van der Waals surface area contributed by atoms with E-state index >= 15 is 0 Å². The summed E-state index contributed by atoms with van der Waals surface area (Å²) in [5, 5.41) is 5.70. The van der Waals surface area contributed by atoms with Gasteiger partial charge in [-0.25, -0.2) is 0 Å². The summed E-state index contributed by atoms with van der Waals surface area (Å²) in [7, 11) is 0. The van der Waals surface area contributed by atoms with Crippen LogP contribution in [-0.4, -0.2) is 30.4 Å². The molecular formula is C15H32Al2. The van der Waals surface area contributed by atoms with Crippen LogP contribution >= 0.6 is 0 Å².